The highest BCUT2D eigenvalue weighted by atomic mass is 35.5. The number of nitrogens with zero attached hydrogens (tertiary/aromatic N) is 1. The summed E-state index contributed by atoms with van der Waals surface area (Å²) in [5, 5.41) is 5.13. The minimum absolute atomic E-state index is 0.0686. The van der Waals surface area contributed by atoms with Crippen LogP contribution in [-0.4, -0.2) is 42.0 Å². The van der Waals surface area contributed by atoms with Gasteiger partial charge in [0.15, 0.2) is 0 Å². The van der Waals surface area contributed by atoms with Crippen LogP contribution in [0.5, 0.6) is 0 Å². The van der Waals surface area contributed by atoms with Crippen molar-refractivity contribution in [3.05, 3.63) is 70.6 Å². The molecule has 2 aromatic carbocycles. The third-order valence-electron chi connectivity index (χ3n) is 5.94. The molecule has 2 N–H and O–H groups in total. The molecule has 0 saturated carbocycles. The standard InChI is InChI=1S/C24H27ClFN3O/c25-20-5-1-3-18(13-20)24(30)29-11-8-17(9-12-29)15-27-10-2-4-19-16-28-23-7-6-21(26)14-22(19)23/h1,3,5-7,13-14,16-17,27-28H,2,4,8-12,15H2. The Balaban J connectivity index is 1.16. The Bertz CT molecular complexity index is 1010. The molecule has 0 radical (unpaired) electrons. The summed E-state index contributed by atoms with van der Waals surface area (Å²) in [6.07, 6.45) is 5.94. The summed E-state index contributed by atoms with van der Waals surface area (Å²) in [6, 6.07) is 12.0. The number of aromatic amines is 1. The number of likely N-dealkylation sites (tertiary alicyclic amines) is 1. The second kappa shape index (κ2) is 9.63. The molecule has 4 rings (SSSR count). The molecule has 1 amide bonds. The average Bonchev–Trinajstić information content (AvgIpc) is 3.15. The molecule has 6 heteroatoms. The number of benzene rings is 2. The molecule has 1 fully saturated rings. The minimum atomic E-state index is -0.193. The summed E-state index contributed by atoms with van der Waals surface area (Å²) in [5.41, 5.74) is 2.81. The van der Waals surface area contributed by atoms with Crippen LogP contribution in [0.25, 0.3) is 10.9 Å². The molecule has 30 heavy (non-hydrogen) atoms. The van der Waals surface area contributed by atoms with Crippen molar-refractivity contribution in [1.82, 2.24) is 15.2 Å². The van der Waals surface area contributed by atoms with E-state index in [9.17, 15) is 9.18 Å². The molecule has 0 aliphatic carbocycles. The summed E-state index contributed by atoms with van der Waals surface area (Å²) >= 11 is 6.00. The Kier molecular flexibility index (Phi) is 6.70. The Morgan fingerprint density at radius 1 is 1.20 bits per heavy atom. The topological polar surface area (TPSA) is 48.1 Å². The van der Waals surface area contributed by atoms with Crippen LogP contribution in [0.1, 0.15) is 35.2 Å². The van der Waals surface area contributed by atoms with Crippen LogP contribution < -0.4 is 5.32 Å². The zero-order chi connectivity index (χ0) is 20.9. The fourth-order valence-electron chi connectivity index (χ4n) is 4.21. The number of amides is 1. The second-order valence-corrected chi connectivity index (χ2v) is 8.49. The fraction of sp³-hybridized carbons (Fsp3) is 0.375. The molecule has 0 spiro atoms. The van der Waals surface area contributed by atoms with Crippen LogP contribution in [-0.2, 0) is 6.42 Å². The largest absolute Gasteiger partial charge is 0.361 e. The molecule has 1 aliphatic heterocycles. The first-order chi connectivity index (χ1) is 14.6. The number of carbonyl (C=O) groups excluding carboxylic acids is 1. The Hall–Kier alpha value is -2.37. The van der Waals surface area contributed by atoms with Gasteiger partial charge in [-0.1, -0.05) is 17.7 Å². The first-order valence-corrected chi connectivity index (χ1v) is 11.0. The van der Waals surface area contributed by atoms with Crippen molar-refractivity contribution in [3.63, 3.8) is 0 Å². The normalized spacial score (nSPS) is 15.1. The van der Waals surface area contributed by atoms with Gasteiger partial charge >= 0.3 is 0 Å². The van der Waals surface area contributed by atoms with E-state index in [4.69, 9.17) is 11.6 Å². The number of aryl methyl sites for hydroxylation is 1. The zero-order valence-electron chi connectivity index (χ0n) is 17.0. The van der Waals surface area contributed by atoms with E-state index < -0.39 is 0 Å². The smallest absolute Gasteiger partial charge is 0.253 e. The number of hydrogen-bond donors (Lipinski definition) is 2. The van der Waals surface area contributed by atoms with E-state index in [0.29, 0.717) is 16.5 Å². The van der Waals surface area contributed by atoms with E-state index in [2.05, 4.69) is 10.3 Å². The van der Waals surface area contributed by atoms with Crippen molar-refractivity contribution in [3.8, 4) is 0 Å². The van der Waals surface area contributed by atoms with Gasteiger partial charge in [-0.2, -0.15) is 0 Å². The van der Waals surface area contributed by atoms with Gasteiger partial charge in [-0.25, -0.2) is 4.39 Å². The molecule has 3 aromatic rings. The number of H-pyrrole nitrogens is 1. The monoisotopic (exact) mass is 427 g/mol. The highest BCUT2D eigenvalue weighted by Crippen LogP contribution is 2.21. The summed E-state index contributed by atoms with van der Waals surface area (Å²) in [6.45, 7) is 3.49. The Morgan fingerprint density at radius 2 is 2.03 bits per heavy atom. The lowest BCUT2D eigenvalue weighted by Crippen LogP contribution is -2.40. The first kappa shape index (κ1) is 20.9. The van der Waals surface area contributed by atoms with Gasteiger partial charge in [0.1, 0.15) is 5.82 Å². The van der Waals surface area contributed by atoms with Crippen molar-refractivity contribution < 1.29 is 9.18 Å². The number of carbonyl (C=O) groups is 1. The van der Waals surface area contributed by atoms with Crippen molar-refractivity contribution in [2.24, 2.45) is 5.92 Å². The predicted octanol–water partition coefficient (Wildman–Crippen LogP) is 5.04. The lowest BCUT2D eigenvalue weighted by atomic mass is 9.96. The van der Waals surface area contributed by atoms with E-state index in [1.54, 1.807) is 24.3 Å². The molecule has 0 bridgehead atoms. The van der Waals surface area contributed by atoms with Gasteiger partial charge in [0.25, 0.3) is 5.91 Å². The number of hydrogen-bond acceptors (Lipinski definition) is 2. The molecule has 0 atom stereocenters. The molecular weight excluding hydrogens is 401 g/mol. The first-order valence-electron chi connectivity index (χ1n) is 10.6. The van der Waals surface area contributed by atoms with Crippen molar-refractivity contribution in [2.45, 2.75) is 25.7 Å². The summed E-state index contributed by atoms with van der Waals surface area (Å²) < 4.78 is 13.5. The van der Waals surface area contributed by atoms with Gasteiger partial charge in [-0.15, -0.1) is 0 Å². The second-order valence-electron chi connectivity index (χ2n) is 8.06. The van der Waals surface area contributed by atoms with Crippen LogP contribution in [0.3, 0.4) is 0 Å². The number of aromatic nitrogens is 1. The predicted molar refractivity (Wildman–Crippen MR) is 120 cm³/mol. The lowest BCUT2D eigenvalue weighted by Gasteiger charge is -2.32. The molecule has 1 aromatic heterocycles. The molecule has 1 aliphatic rings. The molecular formula is C24H27ClFN3O. The van der Waals surface area contributed by atoms with Crippen molar-refractivity contribution >= 4 is 28.4 Å². The number of rotatable bonds is 7. The highest BCUT2D eigenvalue weighted by Gasteiger charge is 2.23. The van der Waals surface area contributed by atoms with E-state index in [1.165, 1.54) is 11.6 Å². The SMILES string of the molecule is O=C(c1cccc(Cl)c1)N1CCC(CNCCCc2c[nH]c3ccc(F)cc23)CC1. The summed E-state index contributed by atoms with van der Waals surface area (Å²) in [5.74, 6) is 0.469. The van der Waals surface area contributed by atoms with E-state index >= 15 is 0 Å². The maximum absolute atomic E-state index is 13.5. The van der Waals surface area contributed by atoms with Crippen LogP contribution >= 0.6 is 11.6 Å². The third-order valence-corrected chi connectivity index (χ3v) is 6.17. The maximum Gasteiger partial charge on any atom is 0.253 e. The molecule has 158 valence electrons. The Morgan fingerprint density at radius 3 is 2.83 bits per heavy atom. The van der Waals surface area contributed by atoms with E-state index in [-0.39, 0.29) is 11.7 Å². The van der Waals surface area contributed by atoms with E-state index in [0.717, 1.165) is 62.8 Å². The van der Waals surface area contributed by atoms with Crippen LogP contribution in [0.4, 0.5) is 4.39 Å². The van der Waals surface area contributed by atoms with Gasteiger partial charge in [-0.3, -0.25) is 4.79 Å². The number of piperidine rings is 1. The maximum atomic E-state index is 13.5. The average molecular weight is 428 g/mol. The molecule has 4 nitrogen and oxygen atoms in total. The van der Waals surface area contributed by atoms with Crippen molar-refractivity contribution in [1.29, 1.82) is 0 Å². The number of halogens is 2. The highest BCUT2D eigenvalue weighted by molar-refractivity contribution is 6.30. The molecule has 2 heterocycles. The van der Waals surface area contributed by atoms with Crippen LogP contribution in [0, 0.1) is 11.7 Å². The Labute approximate surface area is 181 Å². The van der Waals surface area contributed by atoms with Gasteiger partial charge in [0, 0.05) is 40.8 Å². The molecule has 0 unspecified atom stereocenters. The van der Waals surface area contributed by atoms with Gasteiger partial charge in [0.05, 0.1) is 0 Å². The zero-order valence-corrected chi connectivity index (χ0v) is 17.7. The van der Waals surface area contributed by atoms with Gasteiger partial charge in [-0.05, 0) is 86.7 Å². The quantitative estimate of drug-likeness (QED) is 0.519. The summed E-state index contributed by atoms with van der Waals surface area (Å²) in [4.78, 5) is 17.7. The molecule has 1 saturated heterocycles. The van der Waals surface area contributed by atoms with Crippen LogP contribution in [0.2, 0.25) is 5.02 Å². The number of fused-ring (bicyclic) bond motifs is 1. The van der Waals surface area contributed by atoms with Gasteiger partial charge in [0.2, 0.25) is 0 Å². The number of nitrogens with one attached hydrogen (secondary N) is 2. The summed E-state index contributed by atoms with van der Waals surface area (Å²) in [7, 11) is 0. The van der Waals surface area contributed by atoms with Gasteiger partial charge < -0.3 is 15.2 Å². The third kappa shape index (κ3) is 5.02. The minimum Gasteiger partial charge on any atom is -0.361 e. The fourth-order valence-corrected chi connectivity index (χ4v) is 4.40. The van der Waals surface area contributed by atoms with Crippen molar-refractivity contribution in [2.75, 3.05) is 26.2 Å². The van der Waals surface area contributed by atoms with E-state index in [1.807, 2.05) is 23.2 Å². The lowest BCUT2D eigenvalue weighted by molar-refractivity contribution is 0.0690. The van der Waals surface area contributed by atoms with Crippen LogP contribution in [0.15, 0.2) is 48.7 Å².